The van der Waals surface area contributed by atoms with Gasteiger partial charge in [0, 0.05) is 19.5 Å². The summed E-state index contributed by atoms with van der Waals surface area (Å²) in [6, 6.07) is 13.6. The molecule has 1 unspecified atom stereocenters. The van der Waals surface area contributed by atoms with Crippen LogP contribution in [0.3, 0.4) is 0 Å². The third kappa shape index (κ3) is 7.00. The van der Waals surface area contributed by atoms with E-state index >= 15 is 0 Å². The van der Waals surface area contributed by atoms with E-state index < -0.39 is 6.04 Å². The van der Waals surface area contributed by atoms with E-state index in [2.05, 4.69) is 5.32 Å². The first kappa shape index (κ1) is 22.6. The Morgan fingerprint density at radius 3 is 2.21 bits per heavy atom. The highest BCUT2D eigenvalue weighted by Gasteiger charge is 2.28. The molecule has 156 valence electrons. The van der Waals surface area contributed by atoms with Crippen molar-refractivity contribution in [2.24, 2.45) is 0 Å². The van der Waals surface area contributed by atoms with Crippen molar-refractivity contribution in [1.82, 2.24) is 10.2 Å². The van der Waals surface area contributed by atoms with Crippen molar-refractivity contribution in [2.45, 2.75) is 59.0 Å². The number of benzene rings is 2. The zero-order chi connectivity index (χ0) is 21.2. The molecule has 0 saturated heterocycles. The van der Waals surface area contributed by atoms with E-state index in [1.54, 1.807) is 17.0 Å². The Balaban J connectivity index is 2.16. The van der Waals surface area contributed by atoms with Gasteiger partial charge >= 0.3 is 0 Å². The van der Waals surface area contributed by atoms with Crippen molar-refractivity contribution in [3.05, 3.63) is 71.0 Å². The van der Waals surface area contributed by atoms with E-state index in [1.165, 1.54) is 17.7 Å². The normalized spacial score (nSPS) is 11.7. The molecule has 0 radical (unpaired) electrons. The largest absolute Gasteiger partial charge is 0.354 e. The summed E-state index contributed by atoms with van der Waals surface area (Å²) < 4.78 is 13.3. The fraction of sp³-hybridized carbons (Fsp3) is 0.417. The predicted molar refractivity (Wildman–Crippen MR) is 114 cm³/mol. The molecule has 2 amide bonds. The molecule has 5 heteroatoms. The number of amides is 2. The molecular formula is C24H31FN2O2. The van der Waals surface area contributed by atoms with E-state index in [-0.39, 0.29) is 24.2 Å². The van der Waals surface area contributed by atoms with Crippen LogP contribution in [-0.2, 0) is 22.6 Å². The lowest BCUT2D eigenvalue weighted by Gasteiger charge is -2.30. The fourth-order valence-electron chi connectivity index (χ4n) is 3.22. The minimum absolute atomic E-state index is 0.0756. The van der Waals surface area contributed by atoms with Crippen LogP contribution >= 0.6 is 0 Å². The molecule has 1 atom stereocenters. The number of nitrogens with zero attached hydrogens (tertiary/aromatic N) is 1. The van der Waals surface area contributed by atoms with Crippen LogP contribution in [-0.4, -0.2) is 29.3 Å². The van der Waals surface area contributed by atoms with Gasteiger partial charge in [0.2, 0.25) is 11.8 Å². The van der Waals surface area contributed by atoms with Crippen LogP contribution in [0.2, 0.25) is 0 Å². The van der Waals surface area contributed by atoms with Crippen LogP contribution in [0.5, 0.6) is 0 Å². The zero-order valence-corrected chi connectivity index (χ0v) is 17.6. The van der Waals surface area contributed by atoms with Gasteiger partial charge in [-0.1, -0.05) is 55.8 Å². The summed E-state index contributed by atoms with van der Waals surface area (Å²) in [4.78, 5) is 27.4. The lowest BCUT2D eigenvalue weighted by atomic mass is 10.0. The third-order valence-electron chi connectivity index (χ3n) is 4.95. The molecule has 0 bridgehead atoms. The van der Waals surface area contributed by atoms with Crippen LogP contribution in [0.25, 0.3) is 0 Å². The molecule has 2 aromatic rings. The van der Waals surface area contributed by atoms with Gasteiger partial charge in [0.15, 0.2) is 0 Å². The monoisotopic (exact) mass is 398 g/mol. The fourth-order valence-corrected chi connectivity index (χ4v) is 3.22. The van der Waals surface area contributed by atoms with Crippen LogP contribution in [0.1, 0.15) is 49.8 Å². The summed E-state index contributed by atoms with van der Waals surface area (Å²) in [5.41, 5.74) is 3.07. The number of halogens is 1. The van der Waals surface area contributed by atoms with Gasteiger partial charge in [0.05, 0.1) is 0 Å². The highest BCUT2D eigenvalue weighted by atomic mass is 19.1. The van der Waals surface area contributed by atoms with Crippen molar-refractivity contribution >= 4 is 11.8 Å². The number of hydrogen-bond acceptors (Lipinski definition) is 2. The number of carbonyl (C=O) groups is 2. The van der Waals surface area contributed by atoms with Gasteiger partial charge in [-0.05, 0) is 49.4 Å². The quantitative estimate of drug-likeness (QED) is 0.645. The Bertz CT molecular complexity index is 788. The van der Waals surface area contributed by atoms with Gasteiger partial charge in [0.25, 0.3) is 0 Å². The Kier molecular flexibility index (Phi) is 8.84. The number of aryl methyl sites for hydroxylation is 2. The van der Waals surface area contributed by atoms with E-state index in [0.717, 1.165) is 17.5 Å². The third-order valence-corrected chi connectivity index (χ3v) is 4.95. The summed E-state index contributed by atoms with van der Waals surface area (Å²) in [5, 5.41) is 2.90. The molecule has 2 rings (SSSR count). The molecule has 0 aliphatic carbocycles. The molecule has 0 aliphatic rings. The van der Waals surface area contributed by atoms with E-state index in [1.807, 2.05) is 45.0 Å². The molecule has 0 fully saturated rings. The lowest BCUT2D eigenvalue weighted by Crippen LogP contribution is -2.49. The van der Waals surface area contributed by atoms with Crippen molar-refractivity contribution < 1.29 is 14.0 Å². The van der Waals surface area contributed by atoms with E-state index in [0.29, 0.717) is 25.8 Å². The van der Waals surface area contributed by atoms with Gasteiger partial charge in [0.1, 0.15) is 11.9 Å². The molecule has 1 N–H and O–H groups in total. The van der Waals surface area contributed by atoms with Crippen molar-refractivity contribution in [1.29, 1.82) is 0 Å². The Morgan fingerprint density at radius 1 is 1.00 bits per heavy atom. The average Bonchev–Trinajstić information content (AvgIpc) is 2.72. The first-order chi connectivity index (χ1) is 13.9. The second-order valence-electron chi connectivity index (χ2n) is 7.35. The molecule has 4 nitrogen and oxygen atoms in total. The second kappa shape index (κ2) is 11.3. The molecule has 0 spiro atoms. The first-order valence-electron chi connectivity index (χ1n) is 10.3. The maximum absolute atomic E-state index is 13.3. The molecule has 0 heterocycles. The van der Waals surface area contributed by atoms with E-state index in [9.17, 15) is 14.0 Å². The Morgan fingerprint density at radius 2 is 1.62 bits per heavy atom. The topological polar surface area (TPSA) is 49.4 Å². The molecular weight excluding hydrogens is 367 g/mol. The lowest BCUT2D eigenvalue weighted by molar-refractivity contribution is -0.141. The van der Waals surface area contributed by atoms with Gasteiger partial charge in [-0.2, -0.15) is 0 Å². The van der Waals surface area contributed by atoms with Crippen LogP contribution < -0.4 is 5.32 Å². The molecule has 0 aliphatic heterocycles. The van der Waals surface area contributed by atoms with Crippen LogP contribution in [0, 0.1) is 12.7 Å². The first-order valence-corrected chi connectivity index (χ1v) is 10.3. The predicted octanol–water partition coefficient (Wildman–Crippen LogP) is 4.40. The number of rotatable bonds is 10. The summed E-state index contributed by atoms with van der Waals surface area (Å²) >= 11 is 0. The van der Waals surface area contributed by atoms with Crippen molar-refractivity contribution in [3.63, 3.8) is 0 Å². The summed E-state index contributed by atoms with van der Waals surface area (Å²) in [6.07, 6.45) is 2.29. The van der Waals surface area contributed by atoms with Crippen LogP contribution in [0.15, 0.2) is 48.5 Å². The highest BCUT2D eigenvalue weighted by molar-refractivity contribution is 5.87. The molecule has 0 saturated carbocycles. The SMILES string of the molecule is CCCNC(=O)C(CC)N(Cc1ccc(F)cc1)C(=O)CCc1ccc(C)cc1. The zero-order valence-electron chi connectivity index (χ0n) is 17.6. The summed E-state index contributed by atoms with van der Waals surface area (Å²) in [5.74, 6) is -0.535. The van der Waals surface area contributed by atoms with Gasteiger partial charge in [-0.3, -0.25) is 9.59 Å². The van der Waals surface area contributed by atoms with E-state index in [4.69, 9.17) is 0 Å². The average molecular weight is 399 g/mol. The summed E-state index contributed by atoms with van der Waals surface area (Å²) in [6.45, 7) is 6.79. The summed E-state index contributed by atoms with van der Waals surface area (Å²) in [7, 11) is 0. The number of hydrogen-bond donors (Lipinski definition) is 1. The van der Waals surface area contributed by atoms with Crippen LogP contribution in [0.4, 0.5) is 4.39 Å². The Hall–Kier alpha value is -2.69. The minimum atomic E-state index is -0.544. The smallest absolute Gasteiger partial charge is 0.242 e. The molecule has 0 aromatic heterocycles. The maximum atomic E-state index is 13.3. The number of carbonyl (C=O) groups excluding carboxylic acids is 2. The standard InChI is InChI=1S/C24H31FN2O2/c1-4-16-26-24(29)22(5-2)27(17-20-10-13-21(25)14-11-20)23(28)15-12-19-8-6-18(3)7-9-19/h6-11,13-14,22H,4-5,12,15-17H2,1-3H3,(H,26,29). The highest BCUT2D eigenvalue weighted by Crippen LogP contribution is 2.16. The maximum Gasteiger partial charge on any atom is 0.242 e. The second-order valence-corrected chi connectivity index (χ2v) is 7.35. The number of nitrogens with one attached hydrogen (secondary N) is 1. The van der Waals surface area contributed by atoms with Crippen molar-refractivity contribution in [3.8, 4) is 0 Å². The molecule has 29 heavy (non-hydrogen) atoms. The van der Waals surface area contributed by atoms with Gasteiger partial charge in [-0.25, -0.2) is 4.39 Å². The Labute approximate surface area is 173 Å². The molecule has 2 aromatic carbocycles. The van der Waals surface area contributed by atoms with Gasteiger partial charge < -0.3 is 10.2 Å². The van der Waals surface area contributed by atoms with Gasteiger partial charge in [-0.15, -0.1) is 0 Å². The minimum Gasteiger partial charge on any atom is -0.354 e. The van der Waals surface area contributed by atoms with Crippen molar-refractivity contribution in [2.75, 3.05) is 6.54 Å².